The van der Waals surface area contributed by atoms with Crippen molar-refractivity contribution in [2.45, 2.75) is 25.0 Å². The summed E-state index contributed by atoms with van der Waals surface area (Å²) in [6, 6.07) is 10.5. The summed E-state index contributed by atoms with van der Waals surface area (Å²) in [7, 11) is 1.62. The molecule has 1 N–H and O–H groups in total. The summed E-state index contributed by atoms with van der Waals surface area (Å²) in [4.78, 5) is 13.9. The smallest absolute Gasteiger partial charge is 0.401 e. The van der Waals surface area contributed by atoms with Crippen molar-refractivity contribution in [1.82, 2.24) is 34.7 Å². The van der Waals surface area contributed by atoms with Crippen LogP contribution in [0.2, 0.25) is 0 Å². The number of piperazine rings is 1. The van der Waals surface area contributed by atoms with E-state index in [2.05, 4.69) is 36.1 Å². The minimum Gasteiger partial charge on any atom is -0.481 e. The third kappa shape index (κ3) is 3.94. The van der Waals surface area contributed by atoms with Gasteiger partial charge in [0.25, 0.3) is 0 Å². The fraction of sp³-hybridized carbons (Fsp3) is 0.280. The molecule has 5 aromatic heterocycles. The third-order valence-electron chi connectivity index (χ3n) is 7.36. The summed E-state index contributed by atoms with van der Waals surface area (Å²) >= 11 is -2.95. The first kappa shape index (κ1) is 23.0. The number of anilines is 1. The van der Waals surface area contributed by atoms with Gasteiger partial charge in [-0.3, -0.25) is 10.00 Å². The number of aromatic amines is 1. The molecule has 3 saturated heterocycles. The molecule has 194 valence electrons. The molecule has 3 atom stereocenters. The standard InChI is InChI=1S/C25H23FN8O3S/c1-36-23-5-2-15(8-28-23)11-33-17-6-18(33)13-32(12-17)22-4-3-16(9-27-22)20-7-19(37-38(26)35)14-34-24(20)21-10-29-30-25(21)31-34/h2-5,7-10,14,17-18H,6,11-13H2,1H3,(H,30,31). The maximum Gasteiger partial charge on any atom is 0.401 e. The van der Waals surface area contributed by atoms with Gasteiger partial charge < -0.3 is 13.8 Å². The molecular weight excluding hydrogens is 511 g/mol. The highest BCUT2D eigenvalue weighted by molar-refractivity contribution is 7.75. The number of nitrogens with one attached hydrogen (secondary N) is 1. The molecule has 0 saturated carbocycles. The van der Waals surface area contributed by atoms with Crippen LogP contribution in [-0.4, -0.2) is 71.2 Å². The van der Waals surface area contributed by atoms with Crippen LogP contribution in [0.5, 0.6) is 11.6 Å². The number of aromatic nitrogens is 6. The van der Waals surface area contributed by atoms with Gasteiger partial charge in [-0.25, -0.2) is 14.5 Å². The number of hydrogen-bond acceptors (Lipinski definition) is 9. The average molecular weight is 535 g/mol. The molecule has 13 heteroatoms. The third-order valence-corrected chi connectivity index (χ3v) is 7.69. The number of halogens is 1. The average Bonchev–Trinajstić information content (AvgIpc) is 3.53. The predicted molar refractivity (Wildman–Crippen MR) is 139 cm³/mol. The largest absolute Gasteiger partial charge is 0.481 e. The summed E-state index contributed by atoms with van der Waals surface area (Å²) in [6.45, 7) is 2.68. The van der Waals surface area contributed by atoms with Crippen LogP contribution in [0.25, 0.3) is 27.7 Å². The second-order valence-electron chi connectivity index (χ2n) is 9.53. The van der Waals surface area contributed by atoms with Gasteiger partial charge in [0, 0.05) is 61.3 Å². The van der Waals surface area contributed by atoms with E-state index in [1.807, 2.05) is 24.4 Å². The zero-order valence-electron chi connectivity index (χ0n) is 20.3. The number of hydrogen-bond donors (Lipinski definition) is 1. The Morgan fingerprint density at radius 3 is 2.71 bits per heavy atom. The van der Waals surface area contributed by atoms with Crippen LogP contribution in [0, 0.1) is 0 Å². The zero-order chi connectivity index (χ0) is 25.8. The van der Waals surface area contributed by atoms with Gasteiger partial charge in [-0.15, -0.1) is 5.10 Å². The van der Waals surface area contributed by atoms with Crippen molar-refractivity contribution in [2.75, 3.05) is 25.1 Å². The highest BCUT2D eigenvalue weighted by atomic mass is 32.2. The van der Waals surface area contributed by atoms with E-state index in [9.17, 15) is 8.09 Å². The molecule has 3 aliphatic rings. The molecule has 11 nitrogen and oxygen atoms in total. The first-order valence-electron chi connectivity index (χ1n) is 12.1. The van der Waals surface area contributed by atoms with E-state index >= 15 is 0 Å². The Kier molecular flexibility index (Phi) is 5.48. The molecule has 0 aromatic carbocycles. The molecule has 0 radical (unpaired) electrons. The molecule has 38 heavy (non-hydrogen) atoms. The van der Waals surface area contributed by atoms with Crippen molar-refractivity contribution in [1.29, 1.82) is 0 Å². The summed E-state index contributed by atoms with van der Waals surface area (Å²) in [5, 5.41) is 12.1. The van der Waals surface area contributed by atoms with Crippen LogP contribution in [0.4, 0.5) is 9.70 Å². The van der Waals surface area contributed by atoms with Crippen molar-refractivity contribution in [3.63, 3.8) is 0 Å². The molecule has 3 aliphatic heterocycles. The second-order valence-corrected chi connectivity index (χ2v) is 10.1. The molecule has 3 fully saturated rings. The van der Waals surface area contributed by atoms with Crippen LogP contribution < -0.4 is 13.8 Å². The van der Waals surface area contributed by atoms with E-state index in [-0.39, 0.29) is 5.75 Å². The van der Waals surface area contributed by atoms with E-state index in [0.29, 0.717) is 23.6 Å². The first-order chi connectivity index (χ1) is 18.6. The summed E-state index contributed by atoms with van der Waals surface area (Å²) < 4.78 is 35.7. The van der Waals surface area contributed by atoms with E-state index in [1.165, 1.54) is 18.2 Å². The lowest BCUT2D eigenvalue weighted by atomic mass is 9.87. The van der Waals surface area contributed by atoms with Gasteiger partial charge in [0.05, 0.1) is 30.4 Å². The normalized spacial score (nSPS) is 20.0. The zero-order valence-corrected chi connectivity index (χ0v) is 21.1. The maximum absolute atomic E-state index is 13.1. The van der Waals surface area contributed by atoms with Crippen molar-refractivity contribution in [3.05, 3.63) is 60.7 Å². The lowest BCUT2D eigenvalue weighted by Gasteiger charge is -2.56. The lowest BCUT2D eigenvalue weighted by Crippen LogP contribution is -2.68. The van der Waals surface area contributed by atoms with Crippen molar-refractivity contribution < 1.29 is 17.0 Å². The SMILES string of the molecule is COc1ccc(CN2C3CC2CN(c2ccc(-c4cc(OS(=O)F)cn5nc6[nH]ncc6c45)cn2)C3)cn1. The topological polar surface area (TPSA) is 114 Å². The number of rotatable bonds is 7. The van der Waals surface area contributed by atoms with E-state index in [0.717, 1.165) is 47.5 Å². The monoisotopic (exact) mass is 534 g/mol. The molecule has 0 aliphatic carbocycles. The van der Waals surface area contributed by atoms with Gasteiger partial charge in [-0.05, 0) is 30.2 Å². The Morgan fingerprint density at radius 1 is 1.13 bits per heavy atom. The van der Waals surface area contributed by atoms with E-state index < -0.39 is 11.5 Å². The number of fused-ring (bicyclic) bond motifs is 5. The van der Waals surface area contributed by atoms with Gasteiger partial charge in [-0.2, -0.15) is 9.31 Å². The number of pyridine rings is 3. The van der Waals surface area contributed by atoms with Crippen LogP contribution in [0.3, 0.4) is 0 Å². The van der Waals surface area contributed by atoms with Crippen LogP contribution in [0.15, 0.2) is 55.1 Å². The van der Waals surface area contributed by atoms with E-state index in [4.69, 9.17) is 13.9 Å². The summed E-state index contributed by atoms with van der Waals surface area (Å²) in [5.74, 6) is 1.63. The number of nitrogens with zero attached hydrogens (tertiary/aromatic N) is 7. The highest BCUT2D eigenvalue weighted by Crippen LogP contribution is 2.37. The van der Waals surface area contributed by atoms with E-state index in [1.54, 1.807) is 30.1 Å². The van der Waals surface area contributed by atoms with Crippen LogP contribution >= 0.6 is 0 Å². The quantitative estimate of drug-likeness (QED) is 0.315. The molecular formula is C25H23FN8O3S. The number of ether oxygens (including phenoxy) is 1. The minimum absolute atomic E-state index is 0.0961. The maximum atomic E-state index is 13.1. The predicted octanol–water partition coefficient (Wildman–Crippen LogP) is 3.07. The fourth-order valence-corrected chi connectivity index (χ4v) is 5.82. The summed E-state index contributed by atoms with van der Waals surface area (Å²) in [5.41, 5.74) is 4.04. The Hall–Kier alpha value is -4.10. The van der Waals surface area contributed by atoms with Crippen molar-refractivity contribution in [2.24, 2.45) is 0 Å². The highest BCUT2D eigenvalue weighted by Gasteiger charge is 2.44. The molecule has 5 aromatic rings. The van der Waals surface area contributed by atoms with Crippen molar-refractivity contribution >= 4 is 33.8 Å². The fourth-order valence-electron chi connectivity index (χ4n) is 5.58. The van der Waals surface area contributed by atoms with Crippen molar-refractivity contribution in [3.8, 4) is 22.8 Å². The Balaban J connectivity index is 1.12. The van der Waals surface area contributed by atoms with Gasteiger partial charge in [0.15, 0.2) is 11.4 Å². The summed E-state index contributed by atoms with van der Waals surface area (Å²) in [6.07, 6.45) is 8.02. The number of piperidine rings is 1. The molecule has 3 unspecified atom stereocenters. The van der Waals surface area contributed by atoms with Crippen LogP contribution in [0.1, 0.15) is 12.0 Å². The minimum atomic E-state index is -2.95. The first-order valence-corrected chi connectivity index (χ1v) is 13.1. The van der Waals surface area contributed by atoms with Gasteiger partial charge in [-0.1, -0.05) is 9.95 Å². The molecule has 2 bridgehead atoms. The van der Waals surface area contributed by atoms with Gasteiger partial charge >= 0.3 is 11.5 Å². The Bertz CT molecular complexity index is 1640. The van der Waals surface area contributed by atoms with Gasteiger partial charge in [0.1, 0.15) is 5.82 Å². The molecule has 8 rings (SSSR count). The number of H-pyrrole nitrogens is 1. The van der Waals surface area contributed by atoms with Crippen LogP contribution in [-0.2, 0) is 18.0 Å². The van der Waals surface area contributed by atoms with Gasteiger partial charge in [0.2, 0.25) is 5.88 Å². The lowest BCUT2D eigenvalue weighted by molar-refractivity contribution is -0.00876. The Labute approximate surface area is 219 Å². The Morgan fingerprint density at radius 2 is 2.00 bits per heavy atom. The molecule has 0 spiro atoms. The molecule has 0 amide bonds. The number of methoxy groups -OCH3 is 1. The second kappa shape index (κ2) is 9.03. The molecule has 8 heterocycles.